The predicted octanol–water partition coefficient (Wildman–Crippen LogP) is 2.46. The summed E-state index contributed by atoms with van der Waals surface area (Å²) in [4.78, 5) is 12.2. The molecule has 1 atom stereocenters. The average Bonchev–Trinajstić information content (AvgIpc) is 2.33. The highest BCUT2D eigenvalue weighted by atomic mass is 32.1. The third kappa shape index (κ3) is 6.64. The number of hydrogen-bond donors (Lipinski definition) is 2. The molecule has 1 N–H and O–H groups in total. The van der Waals surface area contributed by atoms with Gasteiger partial charge in [0.25, 0.3) is 0 Å². The molecule has 0 amide bonds. The Balaban J connectivity index is 2.68. The van der Waals surface area contributed by atoms with Crippen molar-refractivity contribution in [3.63, 3.8) is 0 Å². The Morgan fingerprint density at radius 1 is 1.32 bits per heavy atom. The van der Waals surface area contributed by atoms with Crippen molar-refractivity contribution in [2.75, 3.05) is 12.3 Å². The van der Waals surface area contributed by atoms with Gasteiger partial charge in [-0.25, -0.2) is 0 Å². The molecule has 3 nitrogen and oxygen atoms in total. The Bertz CT molecular complexity index is 387. The molecule has 0 saturated heterocycles. The molecule has 0 spiro atoms. The SMILES string of the molecule is CC(C)(C)OC(=O)[C@H](Cc1ccccc1)NCCS. The first kappa shape index (κ1) is 16.1. The molecule has 0 saturated carbocycles. The molecule has 0 unspecified atom stereocenters. The van der Waals surface area contributed by atoms with Gasteiger partial charge in [0.2, 0.25) is 0 Å². The Morgan fingerprint density at radius 2 is 1.95 bits per heavy atom. The number of ether oxygens (including phenoxy) is 1. The lowest BCUT2D eigenvalue weighted by molar-refractivity contribution is -0.157. The second-order valence-electron chi connectivity index (χ2n) is 5.45. The van der Waals surface area contributed by atoms with Crippen molar-refractivity contribution in [3.8, 4) is 0 Å². The van der Waals surface area contributed by atoms with Crippen LogP contribution in [-0.4, -0.2) is 29.9 Å². The maximum Gasteiger partial charge on any atom is 0.323 e. The molecule has 0 radical (unpaired) electrons. The summed E-state index contributed by atoms with van der Waals surface area (Å²) in [6.07, 6.45) is 0.629. The Labute approximate surface area is 121 Å². The summed E-state index contributed by atoms with van der Waals surface area (Å²) >= 11 is 4.16. The molecule has 4 heteroatoms. The van der Waals surface area contributed by atoms with Gasteiger partial charge in [0.15, 0.2) is 0 Å². The third-order valence-corrected chi connectivity index (χ3v) is 2.70. The van der Waals surface area contributed by atoms with Crippen LogP contribution in [0.3, 0.4) is 0 Å². The molecule has 0 aliphatic rings. The maximum atomic E-state index is 12.2. The minimum absolute atomic E-state index is 0.210. The van der Waals surface area contributed by atoms with E-state index < -0.39 is 5.60 Å². The lowest BCUT2D eigenvalue weighted by Gasteiger charge is -2.24. The van der Waals surface area contributed by atoms with Crippen LogP contribution < -0.4 is 5.32 Å². The summed E-state index contributed by atoms with van der Waals surface area (Å²) in [6.45, 7) is 6.31. The fraction of sp³-hybridized carbons (Fsp3) is 0.533. The van der Waals surface area contributed by atoms with E-state index in [9.17, 15) is 4.79 Å². The monoisotopic (exact) mass is 281 g/mol. The van der Waals surface area contributed by atoms with E-state index in [1.807, 2.05) is 51.1 Å². The van der Waals surface area contributed by atoms with Crippen LogP contribution in [0.1, 0.15) is 26.3 Å². The van der Waals surface area contributed by atoms with E-state index in [1.165, 1.54) is 0 Å². The molecule has 1 aromatic rings. The van der Waals surface area contributed by atoms with Crippen molar-refractivity contribution in [1.29, 1.82) is 0 Å². The number of carbonyl (C=O) groups is 1. The summed E-state index contributed by atoms with van der Waals surface area (Å²) in [6, 6.07) is 9.61. The lowest BCUT2D eigenvalue weighted by atomic mass is 10.1. The molecule has 106 valence electrons. The minimum Gasteiger partial charge on any atom is -0.459 e. The zero-order valence-corrected chi connectivity index (χ0v) is 12.7. The van der Waals surface area contributed by atoms with E-state index >= 15 is 0 Å². The van der Waals surface area contributed by atoms with Crippen LogP contribution >= 0.6 is 12.6 Å². The van der Waals surface area contributed by atoms with Crippen molar-refractivity contribution in [3.05, 3.63) is 35.9 Å². The first-order valence-electron chi connectivity index (χ1n) is 6.53. The number of thiol groups is 1. The van der Waals surface area contributed by atoms with Crippen LogP contribution in [0.2, 0.25) is 0 Å². The number of carbonyl (C=O) groups excluding carboxylic acids is 1. The van der Waals surface area contributed by atoms with Gasteiger partial charge in [0.1, 0.15) is 11.6 Å². The van der Waals surface area contributed by atoms with E-state index in [-0.39, 0.29) is 12.0 Å². The van der Waals surface area contributed by atoms with Crippen molar-refractivity contribution < 1.29 is 9.53 Å². The van der Waals surface area contributed by atoms with Gasteiger partial charge < -0.3 is 10.1 Å². The molecule has 0 fully saturated rings. The number of esters is 1. The van der Waals surface area contributed by atoms with Gasteiger partial charge in [-0.1, -0.05) is 30.3 Å². The summed E-state index contributed by atoms with van der Waals surface area (Å²) in [7, 11) is 0. The normalized spacial score (nSPS) is 13.1. The fourth-order valence-electron chi connectivity index (χ4n) is 1.70. The number of hydrogen-bond acceptors (Lipinski definition) is 4. The molecule has 0 aromatic heterocycles. The molecule has 0 heterocycles. The Hall–Kier alpha value is -1.00. The molecule has 19 heavy (non-hydrogen) atoms. The molecule has 0 aliphatic carbocycles. The number of benzene rings is 1. The first-order valence-corrected chi connectivity index (χ1v) is 7.16. The lowest BCUT2D eigenvalue weighted by Crippen LogP contribution is -2.43. The zero-order valence-electron chi connectivity index (χ0n) is 11.8. The van der Waals surface area contributed by atoms with Crippen LogP contribution in [0.15, 0.2) is 30.3 Å². The summed E-state index contributed by atoms with van der Waals surface area (Å²) in [5.41, 5.74) is 0.652. The molecular weight excluding hydrogens is 258 g/mol. The predicted molar refractivity (Wildman–Crippen MR) is 81.6 cm³/mol. The maximum absolute atomic E-state index is 12.2. The summed E-state index contributed by atoms with van der Waals surface area (Å²) < 4.78 is 5.44. The summed E-state index contributed by atoms with van der Waals surface area (Å²) in [5, 5.41) is 3.19. The van der Waals surface area contributed by atoms with Crippen molar-refractivity contribution in [1.82, 2.24) is 5.32 Å². The van der Waals surface area contributed by atoms with E-state index in [0.717, 1.165) is 5.56 Å². The van der Waals surface area contributed by atoms with Crippen molar-refractivity contribution in [2.24, 2.45) is 0 Å². The van der Waals surface area contributed by atoms with E-state index in [4.69, 9.17) is 4.74 Å². The molecule has 1 rings (SSSR count). The van der Waals surface area contributed by atoms with Gasteiger partial charge in [0, 0.05) is 12.3 Å². The van der Waals surface area contributed by atoms with Gasteiger partial charge in [-0.2, -0.15) is 12.6 Å². The van der Waals surface area contributed by atoms with Crippen LogP contribution in [0.25, 0.3) is 0 Å². The molecule has 1 aromatic carbocycles. The van der Waals surface area contributed by atoms with Gasteiger partial charge in [-0.3, -0.25) is 4.79 Å². The highest BCUT2D eigenvalue weighted by Crippen LogP contribution is 2.11. The van der Waals surface area contributed by atoms with E-state index in [0.29, 0.717) is 18.7 Å². The second-order valence-corrected chi connectivity index (χ2v) is 5.90. The molecule has 0 bridgehead atoms. The molecular formula is C15H23NO2S. The van der Waals surface area contributed by atoms with Gasteiger partial charge in [-0.05, 0) is 32.8 Å². The second kappa shape index (κ2) is 7.56. The van der Waals surface area contributed by atoms with E-state index in [1.54, 1.807) is 0 Å². The van der Waals surface area contributed by atoms with Gasteiger partial charge in [0.05, 0.1) is 0 Å². The van der Waals surface area contributed by atoms with Crippen LogP contribution in [0, 0.1) is 0 Å². The first-order chi connectivity index (χ1) is 8.92. The third-order valence-electron chi connectivity index (χ3n) is 2.48. The topological polar surface area (TPSA) is 38.3 Å². The van der Waals surface area contributed by atoms with Gasteiger partial charge >= 0.3 is 5.97 Å². The summed E-state index contributed by atoms with van der Waals surface area (Å²) in [5.74, 6) is 0.479. The molecule has 0 aliphatic heterocycles. The zero-order chi connectivity index (χ0) is 14.3. The Kier molecular flexibility index (Phi) is 6.38. The smallest absolute Gasteiger partial charge is 0.323 e. The van der Waals surface area contributed by atoms with Crippen LogP contribution in [-0.2, 0) is 16.0 Å². The largest absolute Gasteiger partial charge is 0.459 e. The van der Waals surface area contributed by atoms with Crippen LogP contribution in [0.5, 0.6) is 0 Å². The fourth-order valence-corrected chi connectivity index (χ4v) is 1.83. The van der Waals surface area contributed by atoms with E-state index in [2.05, 4.69) is 17.9 Å². The Morgan fingerprint density at radius 3 is 2.47 bits per heavy atom. The number of rotatable bonds is 6. The number of nitrogens with one attached hydrogen (secondary N) is 1. The quantitative estimate of drug-likeness (QED) is 0.621. The van der Waals surface area contributed by atoms with Crippen molar-refractivity contribution in [2.45, 2.75) is 38.8 Å². The minimum atomic E-state index is -0.464. The van der Waals surface area contributed by atoms with Crippen LogP contribution in [0.4, 0.5) is 0 Å². The van der Waals surface area contributed by atoms with Gasteiger partial charge in [-0.15, -0.1) is 0 Å². The highest BCUT2D eigenvalue weighted by molar-refractivity contribution is 7.80. The average molecular weight is 281 g/mol. The van der Waals surface area contributed by atoms with Crippen molar-refractivity contribution >= 4 is 18.6 Å². The highest BCUT2D eigenvalue weighted by Gasteiger charge is 2.24. The standard InChI is InChI=1S/C15H23NO2S/c1-15(2,3)18-14(17)13(16-9-10-19)11-12-7-5-4-6-8-12/h4-8,13,16,19H,9-11H2,1-3H3/t13-/m0/s1.